The second-order valence-electron chi connectivity index (χ2n) is 5.48. The molecule has 6 nitrogen and oxygen atoms in total. The number of nitrogens with zero attached hydrogens (tertiary/aromatic N) is 1. The molecular weight excluding hydrogens is 272 g/mol. The van der Waals surface area contributed by atoms with Crippen molar-refractivity contribution in [3.63, 3.8) is 0 Å². The lowest BCUT2D eigenvalue weighted by Crippen LogP contribution is -2.43. The minimum atomic E-state index is -0.471. The van der Waals surface area contributed by atoms with E-state index in [4.69, 9.17) is 4.74 Å². The first kappa shape index (κ1) is 15.3. The van der Waals surface area contributed by atoms with Crippen LogP contribution in [-0.4, -0.2) is 23.5 Å². The van der Waals surface area contributed by atoms with E-state index in [2.05, 4.69) is 12.2 Å². The average Bonchev–Trinajstić information content (AvgIpc) is 2.48. The quantitative estimate of drug-likeness (QED) is 0.668. The third kappa shape index (κ3) is 4.44. The Morgan fingerprint density at radius 1 is 1.33 bits per heavy atom. The molecule has 0 heterocycles. The molecule has 1 saturated carbocycles. The monoisotopic (exact) mass is 292 g/mol. The van der Waals surface area contributed by atoms with Gasteiger partial charge in [0.1, 0.15) is 5.75 Å². The fourth-order valence-electron chi connectivity index (χ4n) is 2.59. The van der Waals surface area contributed by atoms with E-state index in [1.807, 2.05) is 0 Å². The first-order valence-corrected chi connectivity index (χ1v) is 7.23. The van der Waals surface area contributed by atoms with Crippen LogP contribution in [0.1, 0.15) is 32.6 Å². The van der Waals surface area contributed by atoms with Crippen molar-refractivity contribution in [2.24, 2.45) is 5.92 Å². The predicted molar refractivity (Wildman–Crippen MR) is 78.2 cm³/mol. The van der Waals surface area contributed by atoms with E-state index >= 15 is 0 Å². The van der Waals surface area contributed by atoms with E-state index in [0.717, 1.165) is 19.3 Å². The Labute approximate surface area is 123 Å². The van der Waals surface area contributed by atoms with Crippen LogP contribution < -0.4 is 10.1 Å². The zero-order chi connectivity index (χ0) is 15.2. The van der Waals surface area contributed by atoms with Crippen LogP contribution in [0.2, 0.25) is 0 Å². The number of amides is 1. The van der Waals surface area contributed by atoms with Crippen LogP contribution in [0.15, 0.2) is 24.3 Å². The Morgan fingerprint density at radius 2 is 2.00 bits per heavy atom. The number of hydrogen-bond donors (Lipinski definition) is 1. The van der Waals surface area contributed by atoms with Gasteiger partial charge in [-0.3, -0.25) is 14.9 Å². The number of nitro benzene ring substituents is 1. The lowest BCUT2D eigenvalue weighted by Gasteiger charge is -2.29. The number of carbonyl (C=O) groups excluding carboxylic acids is 1. The lowest BCUT2D eigenvalue weighted by atomic mass is 9.86. The largest absolute Gasteiger partial charge is 0.484 e. The van der Waals surface area contributed by atoms with Crippen molar-refractivity contribution < 1.29 is 14.5 Å². The van der Waals surface area contributed by atoms with Gasteiger partial charge in [0.05, 0.1) is 4.92 Å². The van der Waals surface area contributed by atoms with Gasteiger partial charge >= 0.3 is 0 Å². The van der Waals surface area contributed by atoms with Crippen LogP contribution >= 0.6 is 0 Å². The Kier molecular flexibility index (Phi) is 5.14. The summed E-state index contributed by atoms with van der Waals surface area (Å²) in [5.41, 5.74) is 0.00262. The molecule has 2 atom stereocenters. The zero-order valence-corrected chi connectivity index (χ0v) is 12.1. The number of hydrogen-bond acceptors (Lipinski definition) is 4. The summed E-state index contributed by atoms with van der Waals surface area (Å²) >= 11 is 0. The maximum absolute atomic E-state index is 11.9. The molecule has 21 heavy (non-hydrogen) atoms. The molecule has 1 aliphatic rings. The second-order valence-corrected chi connectivity index (χ2v) is 5.48. The number of rotatable bonds is 5. The summed E-state index contributed by atoms with van der Waals surface area (Å²) in [5, 5.41) is 13.5. The molecule has 1 aromatic rings. The van der Waals surface area contributed by atoms with E-state index in [0.29, 0.717) is 11.7 Å². The van der Waals surface area contributed by atoms with E-state index < -0.39 is 4.92 Å². The van der Waals surface area contributed by atoms with Crippen molar-refractivity contribution in [2.45, 2.75) is 38.6 Å². The third-order valence-corrected chi connectivity index (χ3v) is 3.88. The number of nitrogens with one attached hydrogen (secondary N) is 1. The molecule has 1 aliphatic carbocycles. The van der Waals surface area contributed by atoms with Gasteiger partial charge in [0.15, 0.2) is 6.61 Å². The Bertz CT molecular complexity index is 501. The maximum Gasteiger partial charge on any atom is 0.269 e. The fourth-order valence-corrected chi connectivity index (χ4v) is 2.59. The van der Waals surface area contributed by atoms with Gasteiger partial charge in [0.25, 0.3) is 11.6 Å². The highest BCUT2D eigenvalue weighted by molar-refractivity contribution is 5.77. The van der Waals surface area contributed by atoms with Crippen molar-refractivity contribution in [1.82, 2.24) is 5.32 Å². The van der Waals surface area contributed by atoms with Crippen LogP contribution in [0, 0.1) is 16.0 Å². The number of non-ortho nitro benzene ring substituents is 1. The van der Waals surface area contributed by atoms with Crippen molar-refractivity contribution in [3.05, 3.63) is 34.4 Å². The van der Waals surface area contributed by atoms with E-state index in [-0.39, 0.29) is 24.2 Å². The van der Waals surface area contributed by atoms with Crippen molar-refractivity contribution in [1.29, 1.82) is 0 Å². The molecule has 0 unspecified atom stereocenters. The van der Waals surface area contributed by atoms with Crippen LogP contribution in [-0.2, 0) is 4.79 Å². The highest BCUT2D eigenvalue weighted by Gasteiger charge is 2.22. The van der Waals surface area contributed by atoms with Gasteiger partial charge < -0.3 is 10.1 Å². The van der Waals surface area contributed by atoms with Crippen LogP contribution in [0.25, 0.3) is 0 Å². The second kappa shape index (κ2) is 7.06. The molecule has 1 N–H and O–H groups in total. The van der Waals surface area contributed by atoms with Gasteiger partial charge in [0, 0.05) is 18.2 Å². The molecule has 0 aromatic heterocycles. The first-order valence-electron chi connectivity index (χ1n) is 7.23. The summed E-state index contributed by atoms with van der Waals surface area (Å²) in [6, 6.07) is 5.93. The SMILES string of the molecule is C[C@H]1CCCC[C@@H]1NC(=O)COc1ccc([N+](=O)[O-])cc1. The maximum atomic E-state index is 11.9. The summed E-state index contributed by atoms with van der Waals surface area (Å²) in [6.45, 7) is 2.09. The van der Waals surface area contributed by atoms with Gasteiger partial charge in [-0.1, -0.05) is 19.8 Å². The normalized spacial score (nSPS) is 21.6. The van der Waals surface area contributed by atoms with E-state index in [9.17, 15) is 14.9 Å². The molecular formula is C15H20N2O4. The summed E-state index contributed by atoms with van der Waals surface area (Å²) in [5.74, 6) is 0.807. The number of nitro groups is 1. The Hall–Kier alpha value is -2.11. The highest BCUT2D eigenvalue weighted by atomic mass is 16.6. The fraction of sp³-hybridized carbons (Fsp3) is 0.533. The lowest BCUT2D eigenvalue weighted by molar-refractivity contribution is -0.384. The summed E-state index contributed by atoms with van der Waals surface area (Å²) in [4.78, 5) is 21.9. The molecule has 6 heteroatoms. The summed E-state index contributed by atoms with van der Waals surface area (Å²) in [6.07, 6.45) is 4.55. The van der Waals surface area contributed by atoms with Gasteiger partial charge in [-0.2, -0.15) is 0 Å². The molecule has 114 valence electrons. The smallest absolute Gasteiger partial charge is 0.269 e. The van der Waals surface area contributed by atoms with E-state index in [1.165, 1.54) is 30.7 Å². The molecule has 0 spiro atoms. The third-order valence-electron chi connectivity index (χ3n) is 3.88. The molecule has 0 bridgehead atoms. The number of carbonyl (C=O) groups is 1. The van der Waals surface area contributed by atoms with Crippen molar-refractivity contribution >= 4 is 11.6 Å². The Balaban J connectivity index is 1.79. The zero-order valence-electron chi connectivity index (χ0n) is 12.1. The summed E-state index contributed by atoms with van der Waals surface area (Å²) in [7, 11) is 0. The average molecular weight is 292 g/mol. The minimum absolute atomic E-state index is 0.00262. The highest BCUT2D eigenvalue weighted by Crippen LogP contribution is 2.23. The molecule has 1 amide bonds. The first-order chi connectivity index (χ1) is 10.1. The summed E-state index contributed by atoms with van der Waals surface area (Å²) < 4.78 is 5.34. The van der Waals surface area contributed by atoms with Crippen molar-refractivity contribution in [2.75, 3.05) is 6.61 Å². The minimum Gasteiger partial charge on any atom is -0.484 e. The van der Waals surface area contributed by atoms with Gasteiger partial charge in [-0.15, -0.1) is 0 Å². The number of benzene rings is 1. The molecule has 0 aliphatic heterocycles. The molecule has 1 aromatic carbocycles. The predicted octanol–water partition coefficient (Wildman–Crippen LogP) is 2.67. The van der Waals surface area contributed by atoms with Crippen molar-refractivity contribution in [3.8, 4) is 5.75 Å². The van der Waals surface area contributed by atoms with Gasteiger partial charge in [-0.05, 0) is 30.9 Å². The van der Waals surface area contributed by atoms with E-state index in [1.54, 1.807) is 0 Å². The molecule has 0 saturated heterocycles. The topological polar surface area (TPSA) is 81.5 Å². The van der Waals surface area contributed by atoms with Gasteiger partial charge in [0.2, 0.25) is 0 Å². The van der Waals surface area contributed by atoms with Crippen LogP contribution in [0.5, 0.6) is 5.75 Å². The molecule has 2 rings (SSSR count). The number of ether oxygens (including phenoxy) is 1. The van der Waals surface area contributed by atoms with Crippen LogP contribution in [0.3, 0.4) is 0 Å². The van der Waals surface area contributed by atoms with Crippen LogP contribution in [0.4, 0.5) is 5.69 Å². The van der Waals surface area contributed by atoms with Gasteiger partial charge in [-0.25, -0.2) is 0 Å². The molecule has 1 fully saturated rings. The Morgan fingerprint density at radius 3 is 2.62 bits per heavy atom. The standard InChI is InChI=1S/C15H20N2O4/c1-11-4-2-3-5-14(11)16-15(18)10-21-13-8-6-12(7-9-13)17(19)20/h6-9,11,14H,2-5,10H2,1H3,(H,16,18)/t11-,14-/m0/s1. The molecule has 0 radical (unpaired) electrons.